The quantitative estimate of drug-likeness (QED) is 0.758. The molecule has 1 heterocycles. The first kappa shape index (κ1) is 9.13. The van der Waals surface area contributed by atoms with Crippen molar-refractivity contribution in [3.63, 3.8) is 0 Å². The highest BCUT2D eigenvalue weighted by Crippen LogP contribution is 2.40. The third-order valence-corrected chi connectivity index (χ3v) is 3.12. The molecule has 1 aromatic carbocycles. The maximum Gasteiger partial charge on any atom is 0.0826 e. The molecule has 2 nitrogen and oxygen atoms in total. The van der Waals surface area contributed by atoms with E-state index in [1.807, 2.05) is 6.07 Å². The Morgan fingerprint density at radius 3 is 2.92 bits per heavy atom. The molecule has 0 spiro atoms. The first-order valence-electron chi connectivity index (χ1n) is 4.06. The average molecular weight is 218 g/mol. The van der Waals surface area contributed by atoms with Gasteiger partial charge < -0.3 is 10.4 Å². The van der Waals surface area contributed by atoms with Crippen LogP contribution in [0.1, 0.15) is 11.5 Å². The number of halogens is 2. The Hall–Kier alpha value is -0.440. The molecule has 0 bridgehead atoms. The van der Waals surface area contributed by atoms with Gasteiger partial charge in [0.15, 0.2) is 0 Å². The van der Waals surface area contributed by atoms with Crippen molar-refractivity contribution >= 4 is 28.9 Å². The Balaban J connectivity index is 2.50. The molecule has 70 valence electrons. The predicted molar refractivity (Wildman–Crippen MR) is 54.8 cm³/mol. The van der Waals surface area contributed by atoms with Gasteiger partial charge in [0.2, 0.25) is 0 Å². The first-order valence-corrected chi connectivity index (χ1v) is 4.82. The number of rotatable bonds is 1. The van der Waals surface area contributed by atoms with Gasteiger partial charge in [0.25, 0.3) is 0 Å². The SMILES string of the molecule is OCC1CNc2c1ccc(Cl)c2Cl. The minimum absolute atomic E-state index is 0.137. The molecule has 1 atom stereocenters. The molecule has 1 unspecified atom stereocenters. The van der Waals surface area contributed by atoms with E-state index in [1.54, 1.807) is 6.07 Å². The van der Waals surface area contributed by atoms with E-state index < -0.39 is 0 Å². The average Bonchev–Trinajstić information content (AvgIpc) is 2.55. The molecule has 0 amide bonds. The van der Waals surface area contributed by atoms with Crippen molar-refractivity contribution < 1.29 is 5.11 Å². The molecule has 1 aliphatic rings. The van der Waals surface area contributed by atoms with Crippen LogP contribution in [0.4, 0.5) is 5.69 Å². The molecule has 0 radical (unpaired) electrons. The van der Waals surface area contributed by atoms with Crippen LogP contribution in [0.3, 0.4) is 0 Å². The molecule has 0 saturated heterocycles. The fraction of sp³-hybridized carbons (Fsp3) is 0.333. The van der Waals surface area contributed by atoms with E-state index in [-0.39, 0.29) is 12.5 Å². The molecule has 2 N–H and O–H groups in total. The summed E-state index contributed by atoms with van der Waals surface area (Å²) in [7, 11) is 0. The van der Waals surface area contributed by atoms with E-state index in [9.17, 15) is 0 Å². The van der Waals surface area contributed by atoms with Crippen molar-refractivity contribution in [2.24, 2.45) is 0 Å². The van der Waals surface area contributed by atoms with Crippen LogP contribution in [0, 0.1) is 0 Å². The number of hydrogen-bond acceptors (Lipinski definition) is 2. The number of aliphatic hydroxyl groups excluding tert-OH is 1. The van der Waals surface area contributed by atoms with Crippen molar-refractivity contribution in [2.75, 3.05) is 18.5 Å². The molecule has 0 aliphatic carbocycles. The van der Waals surface area contributed by atoms with Gasteiger partial charge in [0, 0.05) is 12.5 Å². The van der Waals surface area contributed by atoms with E-state index in [0.29, 0.717) is 10.0 Å². The summed E-state index contributed by atoms with van der Waals surface area (Å²) >= 11 is 11.8. The van der Waals surface area contributed by atoms with Gasteiger partial charge in [-0.2, -0.15) is 0 Å². The number of aliphatic hydroxyl groups is 1. The van der Waals surface area contributed by atoms with E-state index >= 15 is 0 Å². The standard InChI is InChI=1S/C9H9Cl2NO/c10-7-2-1-6-5(4-13)3-12-9(6)8(7)11/h1-2,5,12-13H,3-4H2. The van der Waals surface area contributed by atoms with Crippen molar-refractivity contribution in [3.05, 3.63) is 27.7 Å². The number of fused-ring (bicyclic) bond motifs is 1. The lowest BCUT2D eigenvalue weighted by atomic mass is 10.0. The van der Waals surface area contributed by atoms with Crippen molar-refractivity contribution in [3.8, 4) is 0 Å². The molecule has 13 heavy (non-hydrogen) atoms. The zero-order valence-corrected chi connectivity index (χ0v) is 8.36. The van der Waals surface area contributed by atoms with Crippen LogP contribution in [0.2, 0.25) is 10.0 Å². The normalized spacial score (nSPS) is 19.8. The van der Waals surface area contributed by atoms with Gasteiger partial charge in [0.05, 0.1) is 22.3 Å². The Morgan fingerprint density at radius 1 is 1.46 bits per heavy atom. The third kappa shape index (κ3) is 1.39. The number of hydrogen-bond donors (Lipinski definition) is 2. The fourth-order valence-corrected chi connectivity index (χ4v) is 1.98. The molecule has 0 fully saturated rings. The zero-order valence-electron chi connectivity index (χ0n) is 6.85. The Labute approximate surface area is 86.5 Å². The van der Waals surface area contributed by atoms with Crippen molar-refractivity contribution in [2.45, 2.75) is 5.92 Å². The topological polar surface area (TPSA) is 32.3 Å². The maximum atomic E-state index is 9.06. The highest BCUT2D eigenvalue weighted by molar-refractivity contribution is 6.43. The fourth-order valence-electron chi connectivity index (χ4n) is 1.58. The number of anilines is 1. The van der Waals surface area contributed by atoms with Crippen LogP contribution >= 0.6 is 23.2 Å². The molecule has 0 saturated carbocycles. The van der Waals surface area contributed by atoms with Crippen LogP contribution in [-0.2, 0) is 0 Å². The summed E-state index contributed by atoms with van der Waals surface area (Å²) in [5.74, 6) is 0.143. The Bertz CT molecular complexity index is 341. The summed E-state index contributed by atoms with van der Waals surface area (Å²) in [4.78, 5) is 0. The zero-order chi connectivity index (χ0) is 9.42. The lowest BCUT2D eigenvalue weighted by Crippen LogP contribution is -2.05. The van der Waals surface area contributed by atoms with Crippen LogP contribution < -0.4 is 5.32 Å². The molecule has 2 rings (SSSR count). The largest absolute Gasteiger partial charge is 0.396 e. The molecule has 1 aromatic rings. The smallest absolute Gasteiger partial charge is 0.0826 e. The van der Waals surface area contributed by atoms with Crippen LogP contribution in [0.15, 0.2) is 12.1 Å². The summed E-state index contributed by atoms with van der Waals surface area (Å²) in [6, 6.07) is 3.67. The minimum Gasteiger partial charge on any atom is -0.396 e. The second-order valence-corrected chi connectivity index (χ2v) is 3.87. The Kier molecular flexibility index (Phi) is 2.37. The van der Waals surface area contributed by atoms with E-state index in [0.717, 1.165) is 17.8 Å². The molecule has 4 heteroatoms. The highest BCUT2D eigenvalue weighted by Gasteiger charge is 2.24. The third-order valence-electron chi connectivity index (χ3n) is 2.31. The lowest BCUT2D eigenvalue weighted by Gasteiger charge is -2.06. The van der Waals surface area contributed by atoms with Gasteiger partial charge in [-0.3, -0.25) is 0 Å². The Morgan fingerprint density at radius 2 is 2.23 bits per heavy atom. The summed E-state index contributed by atoms with van der Waals surface area (Å²) in [5, 5.41) is 13.3. The minimum atomic E-state index is 0.137. The van der Waals surface area contributed by atoms with Crippen LogP contribution in [0.25, 0.3) is 0 Å². The van der Waals surface area contributed by atoms with Gasteiger partial charge in [-0.25, -0.2) is 0 Å². The number of nitrogens with one attached hydrogen (secondary N) is 1. The van der Waals surface area contributed by atoms with Gasteiger partial charge in [-0.05, 0) is 11.6 Å². The molecule has 1 aliphatic heterocycles. The summed E-state index contributed by atoms with van der Waals surface area (Å²) in [5.41, 5.74) is 1.92. The summed E-state index contributed by atoms with van der Waals surface area (Å²) in [6.07, 6.45) is 0. The highest BCUT2D eigenvalue weighted by atomic mass is 35.5. The summed E-state index contributed by atoms with van der Waals surface area (Å²) < 4.78 is 0. The van der Waals surface area contributed by atoms with Crippen molar-refractivity contribution in [1.29, 1.82) is 0 Å². The number of benzene rings is 1. The van der Waals surface area contributed by atoms with E-state index in [1.165, 1.54) is 0 Å². The molecule has 0 aromatic heterocycles. The van der Waals surface area contributed by atoms with Gasteiger partial charge in [0.1, 0.15) is 0 Å². The maximum absolute atomic E-state index is 9.06. The van der Waals surface area contributed by atoms with E-state index in [4.69, 9.17) is 28.3 Å². The molecular formula is C9H9Cl2NO. The van der Waals surface area contributed by atoms with Gasteiger partial charge in [-0.15, -0.1) is 0 Å². The van der Waals surface area contributed by atoms with Crippen LogP contribution in [0.5, 0.6) is 0 Å². The van der Waals surface area contributed by atoms with E-state index in [2.05, 4.69) is 5.32 Å². The second kappa shape index (κ2) is 3.37. The molecular weight excluding hydrogens is 209 g/mol. The first-order chi connectivity index (χ1) is 6.24. The van der Waals surface area contributed by atoms with Crippen molar-refractivity contribution in [1.82, 2.24) is 0 Å². The lowest BCUT2D eigenvalue weighted by molar-refractivity contribution is 0.273. The second-order valence-electron chi connectivity index (χ2n) is 3.09. The summed E-state index contributed by atoms with van der Waals surface area (Å²) in [6.45, 7) is 0.865. The monoisotopic (exact) mass is 217 g/mol. The van der Waals surface area contributed by atoms with Crippen LogP contribution in [-0.4, -0.2) is 18.3 Å². The van der Waals surface area contributed by atoms with Gasteiger partial charge in [-0.1, -0.05) is 29.3 Å². The predicted octanol–water partition coefficient (Wildman–Crippen LogP) is 2.49. The van der Waals surface area contributed by atoms with Gasteiger partial charge >= 0.3 is 0 Å².